The Morgan fingerprint density at radius 1 is 1.33 bits per heavy atom. The average Bonchev–Trinajstić information content (AvgIpc) is 3.26. The number of hydrogen-bond acceptors (Lipinski definition) is 4. The maximum atomic E-state index is 12.5. The third kappa shape index (κ3) is 3.64. The molecule has 0 bridgehead atoms. The Kier molecular flexibility index (Phi) is 5.02. The van der Waals surface area contributed by atoms with Crippen LogP contribution in [0.3, 0.4) is 0 Å². The van der Waals surface area contributed by atoms with E-state index in [1.165, 1.54) is 11.3 Å². The fourth-order valence-electron chi connectivity index (χ4n) is 3.45. The van der Waals surface area contributed by atoms with Gasteiger partial charge in [0.05, 0.1) is 10.4 Å². The molecule has 0 saturated carbocycles. The van der Waals surface area contributed by atoms with Crippen LogP contribution in [-0.2, 0) is 4.79 Å². The van der Waals surface area contributed by atoms with Gasteiger partial charge in [-0.25, -0.2) is 4.98 Å². The largest absolute Gasteiger partial charge is 0.351 e. The molecular weight excluding hydrogens is 382 g/mol. The number of aromatic nitrogens is 1. The minimum atomic E-state index is -0.110. The number of amides is 2. The first-order valence-electron chi connectivity index (χ1n) is 9.08. The Bertz CT molecular complexity index is 1050. The standard InChI is InChI=1S/C20H20ClN3O2S/c1-12-5-6-15-13(10-12)18-14(19(21)23-15)11-16(27-18)20(26)22-7-3-9-24-8-2-4-17(24)25/h5-6,10-11H,2-4,7-9H2,1H3,(H,22,26). The summed E-state index contributed by atoms with van der Waals surface area (Å²) in [6.45, 7) is 4.11. The highest BCUT2D eigenvalue weighted by Crippen LogP contribution is 2.36. The molecule has 7 heteroatoms. The van der Waals surface area contributed by atoms with Gasteiger partial charge >= 0.3 is 0 Å². The van der Waals surface area contributed by atoms with Crippen LogP contribution in [0.2, 0.25) is 5.15 Å². The minimum Gasteiger partial charge on any atom is -0.351 e. The number of benzene rings is 1. The van der Waals surface area contributed by atoms with Gasteiger partial charge in [0, 0.05) is 41.5 Å². The lowest BCUT2D eigenvalue weighted by atomic mass is 10.1. The number of nitrogens with zero attached hydrogens (tertiary/aromatic N) is 2. The molecule has 3 heterocycles. The second kappa shape index (κ2) is 7.44. The van der Waals surface area contributed by atoms with Crippen molar-refractivity contribution in [3.63, 3.8) is 0 Å². The van der Waals surface area contributed by atoms with Gasteiger partial charge in [-0.1, -0.05) is 23.2 Å². The molecular formula is C20H20ClN3O2S. The molecule has 1 fully saturated rings. The van der Waals surface area contributed by atoms with Crippen LogP contribution in [0.5, 0.6) is 0 Å². The van der Waals surface area contributed by atoms with E-state index in [0.717, 1.165) is 45.9 Å². The van der Waals surface area contributed by atoms with E-state index in [4.69, 9.17) is 11.6 Å². The SMILES string of the molecule is Cc1ccc2nc(Cl)c3cc(C(=O)NCCCN4CCCC4=O)sc3c2c1. The predicted molar refractivity (Wildman–Crippen MR) is 110 cm³/mol. The number of carbonyl (C=O) groups is 2. The Hall–Kier alpha value is -2.18. The van der Waals surface area contributed by atoms with Crippen LogP contribution in [0.1, 0.15) is 34.5 Å². The monoisotopic (exact) mass is 401 g/mol. The zero-order chi connectivity index (χ0) is 19.0. The molecule has 0 unspecified atom stereocenters. The van der Waals surface area contributed by atoms with Gasteiger partial charge in [-0.3, -0.25) is 9.59 Å². The average molecular weight is 402 g/mol. The van der Waals surface area contributed by atoms with E-state index in [2.05, 4.69) is 16.4 Å². The summed E-state index contributed by atoms with van der Waals surface area (Å²) in [4.78, 5) is 31.1. The first-order chi connectivity index (χ1) is 13.0. The number of likely N-dealkylation sites (tertiary alicyclic amines) is 1. The van der Waals surface area contributed by atoms with E-state index in [1.54, 1.807) is 0 Å². The second-order valence-corrected chi connectivity index (χ2v) is 8.28. The lowest BCUT2D eigenvalue weighted by Gasteiger charge is -2.15. The molecule has 0 spiro atoms. The summed E-state index contributed by atoms with van der Waals surface area (Å²) in [5.41, 5.74) is 1.98. The van der Waals surface area contributed by atoms with Crippen molar-refractivity contribution in [2.45, 2.75) is 26.2 Å². The number of aryl methyl sites for hydroxylation is 1. The molecule has 2 aromatic heterocycles. The summed E-state index contributed by atoms with van der Waals surface area (Å²) in [5.74, 6) is 0.107. The van der Waals surface area contributed by atoms with Crippen molar-refractivity contribution in [1.29, 1.82) is 0 Å². The highest BCUT2D eigenvalue weighted by Gasteiger charge is 2.19. The molecule has 1 N–H and O–H groups in total. The summed E-state index contributed by atoms with van der Waals surface area (Å²) in [5, 5.41) is 5.20. The van der Waals surface area contributed by atoms with Gasteiger partial charge < -0.3 is 10.2 Å². The van der Waals surface area contributed by atoms with Gasteiger partial charge in [-0.15, -0.1) is 11.3 Å². The van der Waals surface area contributed by atoms with Crippen molar-refractivity contribution >= 4 is 55.7 Å². The number of thiophene rings is 1. The van der Waals surface area contributed by atoms with Crippen molar-refractivity contribution in [3.8, 4) is 0 Å². The molecule has 0 radical (unpaired) electrons. The Morgan fingerprint density at radius 3 is 2.96 bits per heavy atom. The smallest absolute Gasteiger partial charge is 0.261 e. The van der Waals surface area contributed by atoms with Crippen LogP contribution >= 0.6 is 22.9 Å². The molecule has 0 atom stereocenters. The number of carbonyl (C=O) groups excluding carboxylic acids is 2. The fourth-order valence-corrected chi connectivity index (χ4v) is 4.85. The molecule has 2 amide bonds. The van der Waals surface area contributed by atoms with Crippen LogP contribution in [0.15, 0.2) is 24.3 Å². The van der Waals surface area contributed by atoms with Crippen LogP contribution in [-0.4, -0.2) is 41.3 Å². The Balaban J connectivity index is 1.49. The summed E-state index contributed by atoms with van der Waals surface area (Å²) in [7, 11) is 0. The van der Waals surface area contributed by atoms with Gasteiger partial charge in [0.25, 0.3) is 5.91 Å². The number of fused-ring (bicyclic) bond motifs is 3. The zero-order valence-electron chi connectivity index (χ0n) is 15.0. The first kappa shape index (κ1) is 18.2. The lowest BCUT2D eigenvalue weighted by molar-refractivity contribution is -0.127. The quantitative estimate of drug-likeness (QED) is 0.516. The van der Waals surface area contributed by atoms with Gasteiger partial charge in [-0.05, 0) is 38.0 Å². The number of nitrogens with one attached hydrogen (secondary N) is 1. The van der Waals surface area contributed by atoms with Crippen molar-refractivity contribution in [3.05, 3.63) is 39.9 Å². The molecule has 3 aromatic rings. The molecule has 4 rings (SSSR count). The normalized spacial score (nSPS) is 14.4. The van der Waals surface area contributed by atoms with E-state index in [0.29, 0.717) is 29.5 Å². The van der Waals surface area contributed by atoms with Gasteiger partial charge in [0.15, 0.2) is 0 Å². The maximum absolute atomic E-state index is 12.5. The molecule has 1 aromatic carbocycles. The van der Waals surface area contributed by atoms with Crippen molar-refractivity contribution < 1.29 is 9.59 Å². The summed E-state index contributed by atoms with van der Waals surface area (Å²) < 4.78 is 0.988. The highest BCUT2D eigenvalue weighted by atomic mass is 35.5. The Labute approximate surface area is 166 Å². The third-order valence-corrected chi connectivity index (χ3v) is 6.31. The minimum absolute atomic E-state index is 0.110. The number of pyridine rings is 1. The van der Waals surface area contributed by atoms with Gasteiger partial charge in [0.1, 0.15) is 5.15 Å². The molecule has 0 aliphatic carbocycles. The summed E-state index contributed by atoms with van der Waals surface area (Å²) in [6.07, 6.45) is 2.35. The third-order valence-electron chi connectivity index (χ3n) is 4.86. The predicted octanol–water partition coefficient (Wildman–Crippen LogP) is 4.15. The topological polar surface area (TPSA) is 62.3 Å². The molecule has 140 valence electrons. The first-order valence-corrected chi connectivity index (χ1v) is 10.3. The van der Waals surface area contributed by atoms with Gasteiger partial charge in [0.2, 0.25) is 5.91 Å². The zero-order valence-corrected chi connectivity index (χ0v) is 16.6. The van der Waals surface area contributed by atoms with Crippen molar-refractivity contribution in [2.75, 3.05) is 19.6 Å². The molecule has 27 heavy (non-hydrogen) atoms. The fraction of sp³-hybridized carbons (Fsp3) is 0.350. The Morgan fingerprint density at radius 2 is 2.19 bits per heavy atom. The van der Waals surface area contributed by atoms with Crippen molar-refractivity contribution in [1.82, 2.24) is 15.2 Å². The summed E-state index contributed by atoms with van der Waals surface area (Å²) >= 11 is 7.77. The second-order valence-electron chi connectivity index (χ2n) is 6.87. The van der Waals surface area contributed by atoms with Crippen LogP contribution in [0.4, 0.5) is 0 Å². The van der Waals surface area contributed by atoms with Crippen LogP contribution in [0, 0.1) is 6.92 Å². The van der Waals surface area contributed by atoms with E-state index in [1.807, 2.05) is 30.0 Å². The molecule has 1 aliphatic heterocycles. The lowest BCUT2D eigenvalue weighted by Crippen LogP contribution is -2.30. The van der Waals surface area contributed by atoms with E-state index in [-0.39, 0.29) is 11.8 Å². The van der Waals surface area contributed by atoms with Crippen LogP contribution in [0.25, 0.3) is 21.0 Å². The molecule has 1 saturated heterocycles. The number of halogens is 1. The molecule has 5 nitrogen and oxygen atoms in total. The highest BCUT2D eigenvalue weighted by molar-refractivity contribution is 7.21. The molecule has 1 aliphatic rings. The van der Waals surface area contributed by atoms with E-state index < -0.39 is 0 Å². The van der Waals surface area contributed by atoms with Crippen molar-refractivity contribution in [2.24, 2.45) is 0 Å². The maximum Gasteiger partial charge on any atom is 0.261 e. The van der Waals surface area contributed by atoms with E-state index >= 15 is 0 Å². The summed E-state index contributed by atoms with van der Waals surface area (Å²) in [6, 6.07) is 7.85. The number of rotatable bonds is 5. The van der Waals surface area contributed by atoms with Gasteiger partial charge in [-0.2, -0.15) is 0 Å². The number of hydrogen-bond donors (Lipinski definition) is 1. The van der Waals surface area contributed by atoms with E-state index in [9.17, 15) is 9.59 Å². The van der Waals surface area contributed by atoms with Crippen LogP contribution < -0.4 is 5.32 Å².